The van der Waals surface area contributed by atoms with E-state index in [4.69, 9.17) is 23.2 Å². The molecule has 0 aliphatic heterocycles. The first-order chi connectivity index (χ1) is 17.5. The number of carbonyl (C=O) groups excluding carboxylic acids is 1. The van der Waals surface area contributed by atoms with Crippen molar-refractivity contribution in [1.29, 1.82) is 0 Å². The molecule has 0 saturated carbocycles. The summed E-state index contributed by atoms with van der Waals surface area (Å²) >= 11 is 13.8. The summed E-state index contributed by atoms with van der Waals surface area (Å²) in [5.41, 5.74) is 6.78. The Bertz CT molecular complexity index is 1530. The predicted octanol–water partition coefficient (Wildman–Crippen LogP) is 7.83. The summed E-state index contributed by atoms with van der Waals surface area (Å²) in [6, 6.07) is 15.1. The monoisotopic (exact) mass is 514 g/mol. The summed E-state index contributed by atoms with van der Waals surface area (Å²) in [7, 11) is 0. The maximum absolute atomic E-state index is 11.1. The summed E-state index contributed by atoms with van der Waals surface area (Å²) in [6.45, 7) is 9.55. The highest BCUT2D eigenvalue weighted by Gasteiger charge is 2.15. The summed E-state index contributed by atoms with van der Waals surface area (Å²) in [5, 5.41) is 5.33. The van der Waals surface area contributed by atoms with Gasteiger partial charge in [-0.25, -0.2) is 9.50 Å². The quantitative estimate of drug-likeness (QED) is 0.130. The molecular formula is C29H24Cl2N4O. The van der Waals surface area contributed by atoms with Gasteiger partial charge in [0.15, 0.2) is 11.9 Å². The molecule has 2 heterocycles. The molecule has 0 N–H and O–H groups in total. The van der Waals surface area contributed by atoms with Crippen LogP contribution in [0.25, 0.3) is 28.0 Å². The maximum Gasteiger partial charge on any atom is 0.170 e. The van der Waals surface area contributed by atoms with E-state index in [2.05, 4.69) is 28.4 Å². The number of carbonyl (C=O) groups is 1. The molecule has 0 bridgehead atoms. The summed E-state index contributed by atoms with van der Waals surface area (Å²) in [5.74, 6) is 0. The summed E-state index contributed by atoms with van der Waals surface area (Å²) in [6.07, 6.45) is 9.67. The number of aldehydes is 1. The van der Waals surface area contributed by atoms with Crippen LogP contribution >= 0.6 is 23.2 Å². The van der Waals surface area contributed by atoms with Crippen molar-refractivity contribution in [1.82, 2.24) is 14.6 Å². The minimum absolute atomic E-state index is 0.319. The Kier molecular flexibility index (Phi) is 7.93. The zero-order valence-corrected chi connectivity index (χ0v) is 21.3. The van der Waals surface area contributed by atoms with Crippen LogP contribution in [0.3, 0.4) is 0 Å². The van der Waals surface area contributed by atoms with Gasteiger partial charge in [-0.2, -0.15) is 5.10 Å². The fourth-order valence-corrected chi connectivity index (χ4v) is 4.62. The van der Waals surface area contributed by atoms with Crippen molar-refractivity contribution in [2.24, 2.45) is 4.99 Å². The molecule has 2 aromatic heterocycles. The average molecular weight is 515 g/mol. The van der Waals surface area contributed by atoms with Gasteiger partial charge in [-0.05, 0) is 36.8 Å². The Labute approximate surface area is 220 Å². The number of aliphatic imine (C=N–C) groups is 1. The summed E-state index contributed by atoms with van der Waals surface area (Å²) < 4.78 is 1.56. The topological polar surface area (TPSA) is 59.6 Å². The van der Waals surface area contributed by atoms with Crippen LogP contribution in [0.15, 0.2) is 95.8 Å². The second-order valence-corrected chi connectivity index (χ2v) is 8.73. The van der Waals surface area contributed by atoms with Crippen LogP contribution in [0, 0.1) is 0 Å². The van der Waals surface area contributed by atoms with E-state index in [1.807, 2.05) is 61.5 Å². The van der Waals surface area contributed by atoms with Gasteiger partial charge in [0, 0.05) is 34.7 Å². The van der Waals surface area contributed by atoms with Gasteiger partial charge in [0.05, 0.1) is 15.7 Å². The van der Waals surface area contributed by atoms with Gasteiger partial charge in [0.2, 0.25) is 0 Å². The molecule has 0 unspecified atom stereocenters. The molecule has 4 aromatic rings. The Morgan fingerprint density at radius 1 is 1.08 bits per heavy atom. The highest BCUT2D eigenvalue weighted by molar-refractivity contribution is 6.38. The zero-order valence-electron chi connectivity index (χ0n) is 19.8. The molecule has 180 valence electrons. The molecular weight excluding hydrogens is 491 g/mol. The van der Waals surface area contributed by atoms with E-state index in [0.29, 0.717) is 39.8 Å². The van der Waals surface area contributed by atoms with Crippen LogP contribution in [-0.4, -0.2) is 27.6 Å². The van der Waals surface area contributed by atoms with Gasteiger partial charge in [-0.1, -0.05) is 91.3 Å². The van der Waals surface area contributed by atoms with Crippen molar-refractivity contribution < 1.29 is 4.79 Å². The first-order valence-electron chi connectivity index (χ1n) is 11.4. The maximum atomic E-state index is 11.1. The van der Waals surface area contributed by atoms with Gasteiger partial charge in [0.25, 0.3) is 0 Å². The highest BCUT2D eigenvalue weighted by atomic mass is 35.5. The van der Waals surface area contributed by atoms with E-state index in [9.17, 15) is 4.79 Å². The molecule has 0 amide bonds. The van der Waals surface area contributed by atoms with Gasteiger partial charge in [-0.3, -0.25) is 9.79 Å². The number of halogens is 2. The minimum Gasteiger partial charge on any atom is -0.296 e. The molecule has 0 aliphatic carbocycles. The number of hydrogen-bond acceptors (Lipinski definition) is 4. The number of allylic oxidation sites excluding steroid dienone is 5. The lowest BCUT2D eigenvalue weighted by Crippen LogP contribution is -1.94. The second kappa shape index (κ2) is 11.3. The zero-order chi connectivity index (χ0) is 25.7. The minimum atomic E-state index is 0.319. The third kappa shape index (κ3) is 5.08. The number of aromatic nitrogens is 3. The van der Waals surface area contributed by atoms with Crippen LogP contribution in [0.2, 0.25) is 10.0 Å². The van der Waals surface area contributed by atoms with Gasteiger partial charge < -0.3 is 0 Å². The van der Waals surface area contributed by atoms with E-state index >= 15 is 0 Å². The van der Waals surface area contributed by atoms with Crippen molar-refractivity contribution >= 4 is 41.9 Å². The Morgan fingerprint density at radius 3 is 2.50 bits per heavy atom. The SMILES string of the molecule is C=CC(/C=C\Cc1cccc(-c2cccc(-c3ccn4nc(C=O)cc4n3)c2Cl)c1Cl)=C(\CC)N=C. The van der Waals surface area contributed by atoms with Crippen LogP contribution in [0.5, 0.6) is 0 Å². The molecule has 36 heavy (non-hydrogen) atoms. The fraction of sp³-hybridized carbons (Fsp3) is 0.103. The lowest BCUT2D eigenvalue weighted by Gasteiger charge is -2.13. The van der Waals surface area contributed by atoms with Crippen molar-refractivity contribution in [3.63, 3.8) is 0 Å². The molecule has 0 spiro atoms. The Morgan fingerprint density at radius 2 is 1.81 bits per heavy atom. The first-order valence-corrected chi connectivity index (χ1v) is 12.1. The molecule has 0 aliphatic rings. The number of benzene rings is 2. The number of fused-ring (bicyclic) bond motifs is 1. The molecule has 0 fully saturated rings. The predicted molar refractivity (Wildman–Crippen MR) is 149 cm³/mol. The van der Waals surface area contributed by atoms with Crippen molar-refractivity contribution in [2.45, 2.75) is 19.8 Å². The lowest BCUT2D eigenvalue weighted by molar-refractivity contribution is 0.111. The average Bonchev–Trinajstić information content (AvgIpc) is 3.32. The number of hydrogen-bond donors (Lipinski definition) is 0. The normalized spacial score (nSPS) is 12.1. The summed E-state index contributed by atoms with van der Waals surface area (Å²) in [4.78, 5) is 19.8. The standard InChI is InChI=1S/C29H24Cl2N4O/c1-4-19(25(5-2)32-3)9-6-10-20-11-7-12-22(28(20)30)23-13-8-14-24(29(23)31)26-15-16-35-27(33-26)17-21(18-36)34-35/h4,6-9,11-18H,1,3,5,10H2,2H3/b9-6-,25-19-. The van der Waals surface area contributed by atoms with Crippen LogP contribution < -0.4 is 0 Å². The smallest absolute Gasteiger partial charge is 0.170 e. The fourth-order valence-electron chi connectivity index (χ4n) is 3.99. The van der Waals surface area contributed by atoms with Crippen molar-refractivity contribution in [2.75, 3.05) is 0 Å². The molecule has 0 radical (unpaired) electrons. The third-order valence-electron chi connectivity index (χ3n) is 5.82. The number of rotatable bonds is 9. The Hall–Kier alpha value is -3.80. The van der Waals surface area contributed by atoms with Crippen LogP contribution in [-0.2, 0) is 6.42 Å². The van der Waals surface area contributed by atoms with E-state index < -0.39 is 0 Å². The highest BCUT2D eigenvalue weighted by Crippen LogP contribution is 2.39. The van der Waals surface area contributed by atoms with E-state index in [0.717, 1.165) is 39.9 Å². The molecule has 2 aromatic carbocycles. The molecule has 5 nitrogen and oxygen atoms in total. The van der Waals surface area contributed by atoms with Gasteiger partial charge in [0.1, 0.15) is 5.69 Å². The van der Waals surface area contributed by atoms with E-state index in [1.54, 1.807) is 22.9 Å². The van der Waals surface area contributed by atoms with Crippen molar-refractivity contribution in [3.05, 3.63) is 112 Å². The second-order valence-electron chi connectivity index (χ2n) is 7.97. The lowest BCUT2D eigenvalue weighted by atomic mass is 9.98. The molecule has 0 atom stereocenters. The number of nitrogens with zero attached hydrogens (tertiary/aromatic N) is 4. The molecule has 0 saturated heterocycles. The third-order valence-corrected chi connectivity index (χ3v) is 6.68. The van der Waals surface area contributed by atoms with Gasteiger partial charge >= 0.3 is 0 Å². The van der Waals surface area contributed by atoms with E-state index in [1.165, 1.54) is 0 Å². The van der Waals surface area contributed by atoms with Crippen LogP contribution in [0.1, 0.15) is 29.4 Å². The van der Waals surface area contributed by atoms with Crippen LogP contribution in [0.4, 0.5) is 0 Å². The molecule has 4 rings (SSSR count). The van der Waals surface area contributed by atoms with Gasteiger partial charge in [-0.15, -0.1) is 0 Å². The largest absolute Gasteiger partial charge is 0.296 e. The van der Waals surface area contributed by atoms with E-state index in [-0.39, 0.29) is 0 Å². The van der Waals surface area contributed by atoms with Crippen molar-refractivity contribution in [3.8, 4) is 22.4 Å². The first kappa shape index (κ1) is 25.3. The Balaban J connectivity index is 1.69. The molecule has 7 heteroatoms.